The van der Waals surface area contributed by atoms with E-state index in [1.165, 1.54) is 23.9 Å². The average Bonchev–Trinajstić information content (AvgIpc) is 3.01. The summed E-state index contributed by atoms with van der Waals surface area (Å²) >= 11 is 1.48. The van der Waals surface area contributed by atoms with Crippen LogP contribution >= 0.6 is 11.9 Å². The number of carbonyl (C=O) groups is 1. The molecule has 0 radical (unpaired) electrons. The first kappa shape index (κ1) is 16.2. The van der Waals surface area contributed by atoms with Crippen molar-refractivity contribution in [2.75, 3.05) is 29.0 Å². The van der Waals surface area contributed by atoms with Gasteiger partial charge in [0.05, 0.1) is 5.69 Å². The zero-order chi connectivity index (χ0) is 17.4. The molecule has 2 aromatic rings. The predicted octanol–water partition coefficient (Wildman–Crippen LogP) is 2.63. The van der Waals surface area contributed by atoms with Crippen molar-refractivity contribution in [3.05, 3.63) is 35.0 Å². The van der Waals surface area contributed by atoms with E-state index < -0.39 is 5.91 Å². The van der Waals surface area contributed by atoms with Gasteiger partial charge in [0.15, 0.2) is 0 Å². The number of benzene rings is 1. The summed E-state index contributed by atoms with van der Waals surface area (Å²) in [5.41, 5.74) is 11.1. The van der Waals surface area contributed by atoms with Crippen LogP contribution in [0.25, 0.3) is 11.3 Å². The molecule has 25 heavy (non-hydrogen) atoms. The van der Waals surface area contributed by atoms with Crippen LogP contribution in [-0.2, 0) is 12.8 Å². The average molecular weight is 355 g/mol. The number of hydrogen-bond acceptors (Lipinski definition) is 6. The minimum Gasteiger partial charge on any atom is -0.366 e. The van der Waals surface area contributed by atoms with Crippen LogP contribution in [0.1, 0.15) is 34.5 Å². The fraction of sp³-hybridized carbons (Fsp3) is 0.389. The molecule has 0 unspecified atom stereocenters. The molecule has 1 aliphatic heterocycles. The monoisotopic (exact) mass is 355 g/mol. The maximum atomic E-state index is 11.8. The molecule has 6 nitrogen and oxygen atoms in total. The van der Waals surface area contributed by atoms with Gasteiger partial charge in [-0.25, -0.2) is 9.97 Å². The molecule has 0 atom stereocenters. The number of anilines is 2. The summed E-state index contributed by atoms with van der Waals surface area (Å²) in [6.45, 7) is 2.03. The SMILES string of the molecule is CSNc1cc(C(N)=O)cc(-c2nc(N3CCC3)nc3c2CCC3)c1. The van der Waals surface area contributed by atoms with Gasteiger partial charge in [-0.05, 0) is 43.9 Å². The van der Waals surface area contributed by atoms with Gasteiger partial charge in [0, 0.05) is 47.4 Å². The van der Waals surface area contributed by atoms with Crippen LogP contribution in [-0.4, -0.2) is 35.2 Å². The number of carbonyl (C=O) groups excluding carboxylic acids is 1. The molecule has 1 aromatic heterocycles. The summed E-state index contributed by atoms with van der Waals surface area (Å²) in [5, 5.41) is 0. The highest BCUT2D eigenvalue weighted by molar-refractivity contribution is 7.99. The van der Waals surface area contributed by atoms with Crippen LogP contribution in [0, 0.1) is 0 Å². The van der Waals surface area contributed by atoms with Crippen LogP contribution in [0.15, 0.2) is 18.2 Å². The molecule has 2 aliphatic rings. The number of rotatable bonds is 5. The Balaban J connectivity index is 1.85. The first-order valence-corrected chi connectivity index (χ1v) is 9.77. The molecule has 7 heteroatoms. The van der Waals surface area contributed by atoms with Gasteiger partial charge in [0.25, 0.3) is 0 Å². The van der Waals surface area contributed by atoms with E-state index in [9.17, 15) is 4.79 Å². The molecule has 3 N–H and O–H groups in total. The normalized spacial score (nSPS) is 15.6. The van der Waals surface area contributed by atoms with Crippen molar-refractivity contribution in [1.82, 2.24) is 9.97 Å². The second-order valence-corrected chi connectivity index (χ2v) is 7.07. The first-order valence-electron chi connectivity index (χ1n) is 8.54. The quantitative estimate of drug-likeness (QED) is 0.802. The highest BCUT2D eigenvalue weighted by atomic mass is 32.2. The lowest BCUT2D eigenvalue weighted by atomic mass is 10.0. The molecule has 0 bridgehead atoms. The van der Waals surface area contributed by atoms with E-state index in [1.54, 1.807) is 6.07 Å². The number of nitrogens with two attached hydrogens (primary N) is 1. The molecule has 1 aromatic carbocycles. The Bertz CT molecular complexity index is 834. The third kappa shape index (κ3) is 3.04. The molecular formula is C18H21N5OS. The number of nitrogens with one attached hydrogen (secondary N) is 1. The number of hydrogen-bond donors (Lipinski definition) is 2. The Morgan fingerprint density at radius 2 is 2.04 bits per heavy atom. The van der Waals surface area contributed by atoms with Gasteiger partial charge in [-0.1, -0.05) is 11.9 Å². The summed E-state index contributed by atoms with van der Waals surface area (Å²) in [5.74, 6) is 0.380. The lowest BCUT2D eigenvalue weighted by Gasteiger charge is -2.31. The molecule has 0 saturated carbocycles. The lowest BCUT2D eigenvalue weighted by molar-refractivity contribution is 0.100. The molecule has 4 rings (SSSR count). The van der Waals surface area contributed by atoms with E-state index in [0.717, 1.165) is 60.9 Å². The second kappa shape index (κ2) is 6.55. The van der Waals surface area contributed by atoms with E-state index in [4.69, 9.17) is 15.7 Å². The lowest BCUT2D eigenvalue weighted by Crippen LogP contribution is -2.38. The number of fused-ring (bicyclic) bond motifs is 1. The smallest absolute Gasteiger partial charge is 0.248 e. The number of aryl methyl sites for hydroxylation is 1. The third-order valence-electron chi connectivity index (χ3n) is 4.77. The zero-order valence-electron chi connectivity index (χ0n) is 14.2. The molecule has 2 heterocycles. The van der Waals surface area contributed by atoms with Gasteiger partial charge in [-0.15, -0.1) is 0 Å². The van der Waals surface area contributed by atoms with E-state index in [2.05, 4.69) is 9.62 Å². The number of amides is 1. The Morgan fingerprint density at radius 3 is 2.72 bits per heavy atom. The van der Waals surface area contributed by atoms with Crippen LogP contribution in [0.2, 0.25) is 0 Å². The van der Waals surface area contributed by atoms with Gasteiger partial charge in [-0.2, -0.15) is 0 Å². The fourth-order valence-electron chi connectivity index (χ4n) is 3.40. The van der Waals surface area contributed by atoms with Crippen molar-refractivity contribution in [2.45, 2.75) is 25.7 Å². The number of aromatic nitrogens is 2. The zero-order valence-corrected chi connectivity index (χ0v) is 15.0. The van der Waals surface area contributed by atoms with Crippen molar-refractivity contribution in [3.63, 3.8) is 0 Å². The van der Waals surface area contributed by atoms with Crippen molar-refractivity contribution in [2.24, 2.45) is 5.73 Å². The molecule has 1 saturated heterocycles. The molecule has 1 aliphatic carbocycles. The van der Waals surface area contributed by atoms with E-state index in [1.807, 2.05) is 18.4 Å². The van der Waals surface area contributed by atoms with E-state index >= 15 is 0 Å². The Hall–Kier alpha value is -2.28. The standard InChI is InChI=1S/C18H21N5OS/c1-25-22-13-9-11(8-12(10-13)17(19)24)16-14-4-2-5-15(14)20-18(21-16)23-6-3-7-23/h8-10,22H,2-7H2,1H3,(H2,19,24). The third-order valence-corrected chi connectivity index (χ3v) is 5.21. The minimum absolute atomic E-state index is 0.431. The minimum atomic E-state index is -0.431. The Labute approximate surface area is 151 Å². The van der Waals surface area contributed by atoms with Crippen molar-refractivity contribution >= 4 is 29.5 Å². The largest absolute Gasteiger partial charge is 0.366 e. The first-order chi connectivity index (χ1) is 12.2. The summed E-state index contributed by atoms with van der Waals surface area (Å²) in [7, 11) is 0. The number of nitrogens with zero attached hydrogens (tertiary/aromatic N) is 3. The van der Waals surface area contributed by atoms with Crippen molar-refractivity contribution in [1.29, 1.82) is 0 Å². The van der Waals surface area contributed by atoms with Gasteiger partial charge in [0.2, 0.25) is 11.9 Å². The highest BCUT2D eigenvalue weighted by Crippen LogP contribution is 2.34. The highest BCUT2D eigenvalue weighted by Gasteiger charge is 2.25. The van der Waals surface area contributed by atoms with Crippen molar-refractivity contribution in [3.8, 4) is 11.3 Å². The maximum Gasteiger partial charge on any atom is 0.248 e. The van der Waals surface area contributed by atoms with Gasteiger partial charge >= 0.3 is 0 Å². The summed E-state index contributed by atoms with van der Waals surface area (Å²) in [6.07, 6.45) is 6.22. The van der Waals surface area contributed by atoms with Crippen LogP contribution < -0.4 is 15.4 Å². The van der Waals surface area contributed by atoms with Crippen LogP contribution in [0.3, 0.4) is 0 Å². The van der Waals surface area contributed by atoms with Gasteiger partial charge < -0.3 is 15.4 Å². The molecule has 1 amide bonds. The van der Waals surface area contributed by atoms with Crippen molar-refractivity contribution < 1.29 is 4.79 Å². The van der Waals surface area contributed by atoms with E-state index in [-0.39, 0.29) is 0 Å². The Kier molecular flexibility index (Phi) is 4.25. The van der Waals surface area contributed by atoms with Gasteiger partial charge in [-0.3, -0.25) is 4.79 Å². The van der Waals surface area contributed by atoms with Crippen LogP contribution in [0.4, 0.5) is 11.6 Å². The van der Waals surface area contributed by atoms with Gasteiger partial charge in [0.1, 0.15) is 0 Å². The second-order valence-electron chi connectivity index (χ2n) is 6.46. The summed E-state index contributed by atoms with van der Waals surface area (Å²) < 4.78 is 3.20. The van der Waals surface area contributed by atoms with Crippen LogP contribution in [0.5, 0.6) is 0 Å². The van der Waals surface area contributed by atoms with E-state index in [0.29, 0.717) is 5.56 Å². The Morgan fingerprint density at radius 1 is 1.20 bits per heavy atom. The molecule has 1 fully saturated rings. The molecular weight excluding hydrogens is 334 g/mol. The maximum absolute atomic E-state index is 11.8. The number of primary amides is 1. The fourth-order valence-corrected chi connectivity index (χ4v) is 3.75. The topological polar surface area (TPSA) is 84.1 Å². The summed E-state index contributed by atoms with van der Waals surface area (Å²) in [6, 6.07) is 5.65. The predicted molar refractivity (Wildman–Crippen MR) is 102 cm³/mol. The molecule has 130 valence electrons. The molecule has 0 spiro atoms. The summed E-state index contributed by atoms with van der Waals surface area (Å²) in [4.78, 5) is 23.6.